The van der Waals surface area contributed by atoms with Crippen molar-refractivity contribution in [3.05, 3.63) is 75.1 Å². The fraction of sp³-hybridized carbons (Fsp3) is 0.304. The summed E-state index contributed by atoms with van der Waals surface area (Å²) < 4.78 is 30.0. The number of halogens is 1. The smallest absolute Gasteiger partial charge is 0.290 e. The third-order valence-electron chi connectivity index (χ3n) is 5.62. The summed E-state index contributed by atoms with van der Waals surface area (Å²) in [6.07, 6.45) is 0.345. The van der Waals surface area contributed by atoms with E-state index in [0.29, 0.717) is 11.4 Å². The van der Waals surface area contributed by atoms with Gasteiger partial charge in [0.1, 0.15) is 5.58 Å². The molecule has 2 aromatic carbocycles. The number of hydrogen-bond donors (Lipinski definition) is 0. The molecule has 1 aromatic heterocycles. The largest absolute Gasteiger partial charge is 0.451 e. The number of nitrogens with zero attached hydrogens (tertiary/aromatic N) is 2. The summed E-state index contributed by atoms with van der Waals surface area (Å²) in [4.78, 5) is 29.5. The monoisotopic (exact) mass is 474 g/mol. The molecule has 2 heterocycles. The molecule has 0 N–H and O–H groups in total. The summed E-state index contributed by atoms with van der Waals surface area (Å²) in [5, 5.41) is 0.672. The van der Waals surface area contributed by atoms with Crippen molar-refractivity contribution in [1.29, 1.82) is 0 Å². The number of carbonyl (C=O) groups excluding carboxylic acids is 1. The molecule has 0 saturated carbocycles. The fourth-order valence-corrected chi connectivity index (χ4v) is 5.76. The normalized spacial score (nSPS) is 17.4. The molecular weight excluding hydrogens is 452 g/mol. The van der Waals surface area contributed by atoms with Crippen LogP contribution in [0.2, 0.25) is 5.02 Å². The Hall–Kier alpha value is -2.84. The minimum absolute atomic E-state index is 0.0290. The minimum Gasteiger partial charge on any atom is -0.451 e. The number of fused-ring (bicyclic) bond motifs is 1. The highest BCUT2D eigenvalue weighted by Crippen LogP contribution is 2.25. The second-order valence-corrected chi connectivity index (χ2v) is 10.8. The number of benzene rings is 2. The average molecular weight is 475 g/mol. The van der Waals surface area contributed by atoms with Crippen LogP contribution in [0.15, 0.2) is 57.7 Å². The molecule has 1 amide bonds. The molecule has 1 saturated heterocycles. The standard InChI is InChI=1S/C23H23ClN2O5S/c1-25(2)17-6-3-15(4-7-17)13-26(18-9-10-32(29,30)14-18)23(28)22-12-20(27)19-11-16(24)5-8-21(19)31-22/h3-8,11-12,18H,9-10,13-14H2,1-2H3/t18-/m0/s1. The van der Waals surface area contributed by atoms with Gasteiger partial charge in [-0.15, -0.1) is 0 Å². The molecule has 1 aliphatic heterocycles. The van der Waals surface area contributed by atoms with E-state index in [1.807, 2.05) is 43.3 Å². The van der Waals surface area contributed by atoms with Crippen molar-refractivity contribution >= 4 is 44.0 Å². The number of anilines is 1. The Kier molecular flexibility index (Phi) is 6.01. The van der Waals surface area contributed by atoms with E-state index in [1.165, 1.54) is 11.0 Å². The first kappa shape index (κ1) is 22.4. The van der Waals surface area contributed by atoms with Crippen molar-refractivity contribution in [3.8, 4) is 0 Å². The van der Waals surface area contributed by atoms with Crippen LogP contribution in [0.4, 0.5) is 5.69 Å². The molecule has 0 aliphatic carbocycles. The van der Waals surface area contributed by atoms with Gasteiger partial charge in [-0.25, -0.2) is 8.42 Å². The third-order valence-corrected chi connectivity index (χ3v) is 7.60. The van der Waals surface area contributed by atoms with Crippen LogP contribution in [-0.2, 0) is 16.4 Å². The van der Waals surface area contributed by atoms with Crippen molar-refractivity contribution in [2.75, 3.05) is 30.5 Å². The van der Waals surface area contributed by atoms with E-state index in [-0.39, 0.29) is 40.2 Å². The number of rotatable bonds is 5. The van der Waals surface area contributed by atoms with Gasteiger partial charge in [0.05, 0.1) is 16.9 Å². The molecule has 0 spiro atoms. The van der Waals surface area contributed by atoms with Gasteiger partial charge in [-0.05, 0) is 42.3 Å². The Bertz CT molecular complexity index is 1330. The van der Waals surface area contributed by atoms with Gasteiger partial charge in [0.25, 0.3) is 5.91 Å². The highest BCUT2D eigenvalue weighted by atomic mass is 35.5. The van der Waals surface area contributed by atoms with Crippen LogP contribution >= 0.6 is 11.6 Å². The third kappa shape index (κ3) is 4.66. The van der Waals surface area contributed by atoms with Crippen molar-refractivity contribution < 1.29 is 17.6 Å². The summed E-state index contributed by atoms with van der Waals surface area (Å²) in [5.41, 5.74) is 1.73. The van der Waals surface area contributed by atoms with Crippen LogP contribution in [0.25, 0.3) is 11.0 Å². The fourth-order valence-electron chi connectivity index (χ4n) is 3.86. The second kappa shape index (κ2) is 8.60. The second-order valence-electron chi connectivity index (χ2n) is 8.17. The lowest BCUT2D eigenvalue weighted by Gasteiger charge is -2.28. The highest BCUT2D eigenvalue weighted by Gasteiger charge is 2.36. The number of carbonyl (C=O) groups is 1. The zero-order valence-corrected chi connectivity index (χ0v) is 19.3. The van der Waals surface area contributed by atoms with Gasteiger partial charge < -0.3 is 14.2 Å². The van der Waals surface area contributed by atoms with Gasteiger partial charge in [-0.1, -0.05) is 23.7 Å². The Morgan fingerprint density at radius 3 is 2.47 bits per heavy atom. The summed E-state index contributed by atoms with van der Waals surface area (Å²) in [6.45, 7) is 0.203. The molecule has 32 heavy (non-hydrogen) atoms. The van der Waals surface area contributed by atoms with Crippen LogP contribution in [0, 0.1) is 0 Å². The maximum Gasteiger partial charge on any atom is 0.290 e. The average Bonchev–Trinajstić information content (AvgIpc) is 3.11. The molecule has 3 aromatic rings. The lowest BCUT2D eigenvalue weighted by atomic mass is 10.1. The SMILES string of the molecule is CN(C)c1ccc(CN(C(=O)c2cc(=O)c3cc(Cl)ccc3o2)[C@H]2CCS(=O)(=O)C2)cc1. The molecular formula is C23H23ClN2O5S. The van der Waals surface area contributed by atoms with E-state index in [4.69, 9.17) is 16.0 Å². The van der Waals surface area contributed by atoms with Crippen LogP contribution in [0.1, 0.15) is 22.5 Å². The maximum atomic E-state index is 13.4. The van der Waals surface area contributed by atoms with Crippen LogP contribution < -0.4 is 10.3 Å². The molecule has 0 bridgehead atoms. The summed E-state index contributed by atoms with van der Waals surface area (Å²) in [6, 6.07) is 12.9. The minimum atomic E-state index is -3.22. The van der Waals surface area contributed by atoms with E-state index in [0.717, 1.165) is 17.3 Å². The van der Waals surface area contributed by atoms with E-state index in [2.05, 4.69) is 0 Å². The van der Waals surface area contributed by atoms with Crippen molar-refractivity contribution in [2.24, 2.45) is 0 Å². The summed E-state index contributed by atoms with van der Waals surface area (Å²) >= 11 is 5.96. The molecule has 7 nitrogen and oxygen atoms in total. The van der Waals surface area contributed by atoms with Gasteiger partial charge in [-0.3, -0.25) is 9.59 Å². The number of amides is 1. The zero-order chi connectivity index (χ0) is 23.0. The zero-order valence-electron chi connectivity index (χ0n) is 17.7. The topological polar surface area (TPSA) is 87.9 Å². The lowest BCUT2D eigenvalue weighted by molar-refractivity contribution is 0.0648. The molecule has 1 fully saturated rings. The van der Waals surface area contributed by atoms with Gasteiger partial charge >= 0.3 is 0 Å². The Balaban J connectivity index is 1.70. The van der Waals surface area contributed by atoms with E-state index >= 15 is 0 Å². The van der Waals surface area contributed by atoms with Crippen molar-refractivity contribution in [3.63, 3.8) is 0 Å². The first-order valence-electron chi connectivity index (χ1n) is 10.1. The van der Waals surface area contributed by atoms with Gasteiger partial charge in [-0.2, -0.15) is 0 Å². The van der Waals surface area contributed by atoms with Crippen LogP contribution in [0.3, 0.4) is 0 Å². The first-order valence-corrected chi connectivity index (χ1v) is 12.3. The lowest BCUT2D eigenvalue weighted by Crippen LogP contribution is -2.40. The van der Waals surface area contributed by atoms with E-state index in [1.54, 1.807) is 12.1 Å². The molecule has 9 heteroatoms. The molecule has 4 rings (SSSR count). The molecule has 1 aliphatic rings. The summed E-state index contributed by atoms with van der Waals surface area (Å²) in [5.74, 6) is -0.722. The summed E-state index contributed by atoms with van der Waals surface area (Å²) in [7, 11) is 0.646. The molecule has 0 radical (unpaired) electrons. The molecule has 168 valence electrons. The van der Waals surface area contributed by atoms with Crippen molar-refractivity contribution in [2.45, 2.75) is 19.0 Å². The highest BCUT2D eigenvalue weighted by molar-refractivity contribution is 7.91. The Morgan fingerprint density at radius 1 is 1.12 bits per heavy atom. The van der Waals surface area contributed by atoms with Crippen LogP contribution in [0.5, 0.6) is 0 Å². The van der Waals surface area contributed by atoms with Crippen molar-refractivity contribution in [1.82, 2.24) is 4.90 Å². The molecule has 0 unspecified atom stereocenters. The maximum absolute atomic E-state index is 13.4. The Morgan fingerprint density at radius 2 is 1.84 bits per heavy atom. The Labute approximate surface area is 191 Å². The van der Waals surface area contributed by atoms with E-state index in [9.17, 15) is 18.0 Å². The van der Waals surface area contributed by atoms with Gasteiger partial charge in [0, 0.05) is 43.5 Å². The van der Waals surface area contributed by atoms with Gasteiger partial charge in [0.2, 0.25) is 0 Å². The van der Waals surface area contributed by atoms with Crippen LogP contribution in [-0.4, -0.2) is 50.9 Å². The molecule has 1 atom stereocenters. The number of hydrogen-bond acceptors (Lipinski definition) is 6. The quantitative estimate of drug-likeness (QED) is 0.563. The predicted octanol–water partition coefficient (Wildman–Crippen LogP) is 3.34. The number of sulfone groups is 1. The van der Waals surface area contributed by atoms with E-state index < -0.39 is 21.8 Å². The predicted molar refractivity (Wildman–Crippen MR) is 125 cm³/mol. The first-order chi connectivity index (χ1) is 15.1. The van der Waals surface area contributed by atoms with Gasteiger partial charge in [0.15, 0.2) is 21.0 Å².